The van der Waals surface area contributed by atoms with Crippen molar-refractivity contribution < 1.29 is 101 Å². The Bertz CT molecular complexity index is 4970. The monoisotopic (exact) mass is 1980 g/mol. The Balaban J connectivity index is 1.31. The minimum atomic E-state index is -1.85. The number of carbonyl (C=O) groups is 16. The molecule has 138 heavy (non-hydrogen) atoms. The minimum Gasteiger partial charge on any atom is -0.444 e. The van der Waals surface area contributed by atoms with Crippen LogP contribution in [0.25, 0.3) is 23.1 Å². The zero-order valence-corrected chi connectivity index (χ0v) is 84.2. The summed E-state index contributed by atoms with van der Waals surface area (Å²) in [4.78, 5) is 237. The van der Waals surface area contributed by atoms with Gasteiger partial charge in [-0.3, -0.25) is 62.5 Å². The van der Waals surface area contributed by atoms with Crippen LogP contribution < -0.4 is 79.8 Å². The first-order valence-electron chi connectivity index (χ1n) is 46.5. The van der Waals surface area contributed by atoms with E-state index in [-0.39, 0.29) is 102 Å². The van der Waals surface area contributed by atoms with E-state index in [9.17, 15) is 72.5 Å². The highest BCUT2D eigenvalue weighted by molar-refractivity contribution is 8.76. The molecule has 0 unspecified atom stereocenters. The van der Waals surface area contributed by atoms with Gasteiger partial charge in [0.2, 0.25) is 65.0 Å². The number of aliphatic hydroxyl groups excluding tert-OH is 2. The normalized spacial score (nSPS) is 18.5. The third kappa shape index (κ3) is 40.2. The molecule has 6 rings (SSSR count). The molecule has 1 saturated heterocycles. The fourth-order valence-electron chi connectivity index (χ4n) is 14.0. The van der Waals surface area contributed by atoms with Crippen LogP contribution in [0.4, 0.5) is 19.2 Å². The van der Waals surface area contributed by atoms with Gasteiger partial charge in [0, 0.05) is 92.0 Å². The summed E-state index contributed by atoms with van der Waals surface area (Å²) in [7, 11) is 4.35. The number of hydrogen-bond donors (Lipinski definition) is 17. The SMILES string of the molecule is CCC[C@H](NC(=O)CCN(CCSSCCNC(=O)OC(C)(C)C)C(=O)n1nc(/C=C/c2ccccn2)c2ccc(Sc3ccccc3C(=O)NC)cc21)C(=O)N[C@H](C(=O)N[C@@H](CCC)C(=O)N[C@H]1CCNC(=O)[C@H]([C@@H](C)O)NC(=O)[C@H](CCNC(=O)OC(C)(C)C)NC(=O)[C@H](CCNC(=O)OC(C)(C)C)NC(=O)[C@H](CC(C)C)NC(=O)[C@@H](Cc2ccccc2)NC(=O)[C@H](CCC)NC1=O)[C@@H](C)O. The zero-order valence-electron chi connectivity index (χ0n) is 81.7. The molecule has 1 fully saturated rings. The molecular formula is C95H139N19O21S3. The number of aliphatic hydroxyl groups is 2. The predicted octanol–water partition coefficient (Wildman–Crippen LogP) is 6.33. The largest absolute Gasteiger partial charge is 0.444 e. The van der Waals surface area contributed by atoms with Crippen LogP contribution in [0, 0.1) is 5.92 Å². The molecule has 0 aliphatic carbocycles. The highest BCUT2D eigenvalue weighted by Gasteiger charge is 2.40. The summed E-state index contributed by atoms with van der Waals surface area (Å²) in [5.74, 6) is -10.6. The van der Waals surface area contributed by atoms with E-state index < -0.39 is 198 Å². The zero-order chi connectivity index (χ0) is 102. The molecule has 1 aliphatic rings. The summed E-state index contributed by atoms with van der Waals surface area (Å²) in [6.45, 7) is 24.8. The molecular weight excluding hydrogens is 1840 g/mol. The van der Waals surface area contributed by atoms with Crippen LogP contribution in [0.2, 0.25) is 0 Å². The van der Waals surface area contributed by atoms with Gasteiger partial charge in [0.05, 0.1) is 34.7 Å². The average Bonchev–Trinajstić information content (AvgIpc) is 1.62. The van der Waals surface area contributed by atoms with Gasteiger partial charge in [-0.1, -0.05) is 136 Å². The molecule has 16 amide bonds. The van der Waals surface area contributed by atoms with Crippen LogP contribution in [0.1, 0.15) is 209 Å². The van der Waals surface area contributed by atoms with E-state index in [1.54, 1.807) is 188 Å². The number of nitrogens with one attached hydrogen (secondary N) is 15. The molecule has 2 aromatic heterocycles. The summed E-state index contributed by atoms with van der Waals surface area (Å²) in [5.41, 5.74) is -0.281. The number of aromatic nitrogens is 3. The maximum absolute atomic E-state index is 15.4. The predicted molar refractivity (Wildman–Crippen MR) is 525 cm³/mol. The van der Waals surface area contributed by atoms with E-state index in [1.165, 1.54) is 56.9 Å². The number of rotatable bonds is 40. The second-order valence-corrected chi connectivity index (χ2v) is 40.4. The molecule has 43 heteroatoms. The lowest BCUT2D eigenvalue weighted by atomic mass is 10.00. The topological polar surface area (TPSA) is 556 Å². The first kappa shape index (κ1) is 115. The standard InChI is InChI=1S/C95H139N19O21S3/c1-18-28-65(102-75(117)43-49-113(50-52-137-136-51-48-101-91(131)135-95(14,15)16)92(132)114-73-55-61(138-74-35-25-24-34-63(74)78(118)96-17)37-38-62(73)64(112-114)39-36-60-33-26-27-44-97-60)83(123)111-77(58(7)116)88(128)107-67(30-20-3)79(119)104-68-40-45-98-87(127)76(57(6)115)110-84(124)70(42-47-100-90(130)134-94(11,12)13)105-82(122)69(41-46-99-89(129)133-93(8,9)10)106-85(125)71(53-56(4)5)108-86(126)72(54-59-31-22-21-23-32-59)109-80(120)66(29-19-2)103-81(68)121/h21-27,31-39,44,55-58,65-72,76-77,115-116H,18-20,28-30,40-43,45-54H2,1-17H3,(H,96,118)(H,98,127)(H,99,129)(H,100,130)(H,101,131)(H,102,117)(H,103,121)(H,104,119)(H,105,122)(H,106,125)(H,107,128)(H,108,126)(H,109,120)(H,110,124)(H,111,123)/b39-36+/t57-,58-,65+,66+,67+,68+,69+,70+,71+,72-,76+,77+/m1/s1. The number of carbonyl (C=O) groups excluding carboxylic acids is 16. The highest BCUT2D eigenvalue weighted by atomic mass is 33.1. The Hall–Kier alpha value is -12.1. The van der Waals surface area contributed by atoms with Gasteiger partial charge < -0.3 is 109 Å². The molecule has 12 atom stereocenters. The third-order valence-electron chi connectivity index (χ3n) is 20.7. The van der Waals surface area contributed by atoms with Crippen LogP contribution in [-0.2, 0) is 73.4 Å². The van der Waals surface area contributed by atoms with Gasteiger partial charge in [0.1, 0.15) is 77.2 Å². The van der Waals surface area contributed by atoms with Gasteiger partial charge in [0.15, 0.2) is 0 Å². The van der Waals surface area contributed by atoms with Crippen molar-refractivity contribution in [3.05, 3.63) is 120 Å². The number of hydrogen-bond acceptors (Lipinski definition) is 26. The van der Waals surface area contributed by atoms with Crippen LogP contribution in [0.5, 0.6) is 0 Å². The number of alkyl carbamates (subject to hydrolysis) is 3. The summed E-state index contributed by atoms with van der Waals surface area (Å²) >= 11 is 1.29. The number of ether oxygens (including phenoxy) is 3. The molecule has 0 bridgehead atoms. The van der Waals surface area contributed by atoms with Gasteiger partial charge in [-0.15, -0.1) is 0 Å². The Labute approximate surface area is 818 Å². The number of nitrogens with zero attached hydrogens (tertiary/aromatic N) is 4. The van der Waals surface area contributed by atoms with Crippen LogP contribution in [0.3, 0.4) is 0 Å². The summed E-state index contributed by atoms with van der Waals surface area (Å²) < 4.78 is 17.4. The van der Waals surface area contributed by atoms with Crippen molar-refractivity contribution >= 4 is 152 Å². The van der Waals surface area contributed by atoms with Gasteiger partial charge in [0.25, 0.3) is 5.91 Å². The maximum atomic E-state index is 15.4. The quantitative estimate of drug-likeness (QED) is 0.0116. The first-order chi connectivity index (χ1) is 65.2. The van der Waals surface area contributed by atoms with Crippen molar-refractivity contribution in [1.29, 1.82) is 0 Å². The highest BCUT2D eigenvalue weighted by Crippen LogP contribution is 2.35. The molecule has 1 aliphatic heterocycles. The van der Waals surface area contributed by atoms with Crippen LogP contribution >= 0.6 is 33.3 Å². The molecule has 758 valence electrons. The van der Waals surface area contributed by atoms with Crippen LogP contribution in [-0.4, -0.2) is 272 Å². The molecule has 17 N–H and O–H groups in total. The molecule has 3 heterocycles. The van der Waals surface area contributed by atoms with Crippen molar-refractivity contribution in [2.24, 2.45) is 5.92 Å². The van der Waals surface area contributed by atoms with E-state index in [0.717, 1.165) is 6.92 Å². The first-order valence-corrected chi connectivity index (χ1v) is 49.8. The molecule has 40 nitrogen and oxygen atoms in total. The number of benzene rings is 3. The fourth-order valence-corrected chi connectivity index (χ4v) is 16.9. The van der Waals surface area contributed by atoms with Crippen molar-refractivity contribution in [1.82, 2.24) is 99.4 Å². The molecule has 5 aromatic rings. The van der Waals surface area contributed by atoms with Gasteiger partial charge in [-0.25, -0.2) is 19.2 Å². The van der Waals surface area contributed by atoms with E-state index in [4.69, 9.17) is 19.3 Å². The second kappa shape index (κ2) is 56.7. The minimum absolute atomic E-state index is 0.00712. The average molecular weight is 1980 g/mol. The number of amides is 16. The van der Waals surface area contributed by atoms with Crippen molar-refractivity contribution in [2.75, 3.05) is 57.8 Å². The lowest BCUT2D eigenvalue weighted by Gasteiger charge is -2.29. The smallest absolute Gasteiger partial charge is 0.407 e. The van der Waals surface area contributed by atoms with E-state index in [2.05, 4.69) is 84.7 Å². The second-order valence-electron chi connectivity index (χ2n) is 36.5. The number of pyridine rings is 1. The Morgan fingerprint density at radius 3 is 1.67 bits per heavy atom. The van der Waals surface area contributed by atoms with Crippen molar-refractivity contribution in [3.63, 3.8) is 0 Å². The van der Waals surface area contributed by atoms with Gasteiger partial charge in [-0.05, 0) is 187 Å². The lowest BCUT2D eigenvalue weighted by molar-refractivity contribution is -0.137. The molecule has 0 radical (unpaired) electrons. The molecule has 0 spiro atoms. The Morgan fingerprint density at radius 1 is 0.565 bits per heavy atom. The molecule has 3 aromatic carbocycles. The molecule has 0 saturated carbocycles. The Morgan fingerprint density at radius 2 is 1.10 bits per heavy atom. The maximum Gasteiger partial charge on any atom is 0.407 e. The fraction of sp³-hybridized carbons (Fsp3) is 0.558. The van der Waals surface area contributed by atoms with Crippen LogP contribution in [0.15, 0.2) is 107 Å². The van der Waals surface area contributed by atoms with Crippen molar-refractivity contribution in [3.8, 4) is 0 Å². The van der Waals surface area contributed by atoms with E-state index in [0.29, 0.717) is 61.1 Å². The lowest BCUT2D eigenvalue weighted by Crippen LogP contribution is -2.61. The summed E-state index contributed by atoms with van der Waals surface area (Å²) in [5, 5.41) is 67.5. The van der Waals surface area contributed by atoms with Gasteiger partial charge in [-0.2, -0.15) is 9.78 Å². The third-order valence-corrected chi connectivity index (χ3v) is 24.1. The Kier molecular flexibility index (Phi) is 47.1. The van der Waals surface area contributed by atoms with E-state index in [1.807, 2.05) is 18.2 Å². The summed E-state index contributed by atoms with van der Waals surface area (Å²) in [6.07, 6.45) is -2.14. The van der Waals surface area contributed by atoms with Crippen molar-refractivity contribution in [2.45, 2.75) is 287 Å². The summed E-state index contributed by atoms with van der Waals surface area (Å²) in [6, 6.07) is 9.65. The van der Waals surface area contributed by atoms with E-state index >= 15 is 14.4 Å². The van der Waals surface area contributed by atoms with Gasteiger partial charge >= 0.3 is 24.3 Å². The number of fused-ring (bicyclic) bond motifs is 1.